The summed E-state index contributed by atoms with van der Waals surface area (Å²) in [5.74, 6) is -0.416. The molecule has 3 aromatic rings. The van der Waals surface area contributed by atoms with Crippen LogP contribution in [0.2, 0.25) is 5.02 Å². The van der Waals surface area contributed by atoms with Gasteiger partial charge in [-0.15, -0.1) is 0 Å². The number of H-pyrrole nitrogens is 1. The molecule has 3 atom stereocenters. The van der Waals surface area contributed by atoms with Gasteiger partial charge in [0.1, 0.15) is 11.2 Å². The number of anilines is 2. The molecule has 3 heterocycles. The van der Waals surface area contributed by atoms with E-state index in [1.165, 1.54) is 18.6 Å². The lowest BCUT2D eigenvalue weighted by atomic mass is 9.81. The van der Waals surface area contributed by atoms with Gasteiger partial charge in [-0.1, -0.05) is 11.6 Å². The van der Waals surface area contributed by atoms with Crippen molar-refractivity contribution in [1.82, 2.24) is 19.7 Å². The van der Waals surface area contributed by atoms with Gasteiger partial charge in [-0.05, 0) is 63.0 Å². The number of aromatic amines is 1. The van der Waals surface area contributed by atoms with Crippen molar-refractivity contribution in [3.63, 3.8) is 0 Å². The molecule has 1 aliphatic heterocycles. The lowest BCUT2D eigenvalue weighted by molar-refractivity contribution is 0.0657. The van der Waals surface area contributed by atoms with Crippen LogP contribution in [0.3, 0.4) is 0 Å². The molecule has 1 saturated heterocycles. The van der Waals surface area contributed by atoms with Crippen LogP contribution in [0, 0.1) is 23.1 Å². The van der Waals surface area contributed by atoms with Crippen molar-refractivity contribution >= 4 is 34.0 Å². The number of pyridine rings is 1. The molecule has 2 N–H and O–H groups in total. The summed E-state index contributed by atoms with van der Waals surface area (Å²) in [6.45, 7) is 2.22. The first-order valence-electron chi connectivity index (χ1n) is 10.5. The molecule has 31 heavy (non-hydrogen) atoms. The van der Waals surface area contributed by atoms with Gasteiger partial charge < -0.3 is 15.2 Å². The van der Waals surface area contributed by atoms with E-state index in [-0.39, 0.29) is 22.5 Å². The molecule has 160 valence electrons. The monoisotopic (exact) mass is 440 g/mol. The molecule has 2 aromatic heterocycles. The number of rotatable bonds is 4. The van der Waals surface area contributed by atoms with E-state index in [1.54, 1.807) is 23.0 Å². The average molecular weight is 441 g/mol. The quantitative estimate of drug-likeness (QED) is 0.634. The van der Waals surface area contributed by atoms with Crippen molar-refractivity contribution in [2.45, 2.75) is 37.8 Å². The highest BCUT2D eigenvalue weighted by Gasteiger charge is 2.37. The van der Waals surface area contributed by atoms with Crippen molar-refractivity contribution in [2.24, 2.45) is 5.92 Å². The second kappa shape index (κ2) is 7.98. The zero-order chi connectivity index (χ0) is 21.5. The maximum atomic E-state index is 13.9. The number of likely N-dealkylation sites (tertiary alicyclic amines) is 1. The zero-order valence-electron chi connectivity index (χ0n) is 16.8. The normalized spacial score (nSPS) is 24.0. The Labute approximate surface area is 183 Å². The Balaban J connectivity index is 1.52. The molecule has 0 radical (unpaired) electrons. The van der Waals surface area contributed by atoms with Gasteiger partial charge in [-0.3, -0.25) is 9.48 Å². The highest BCUT2D eigenvalue weighted by molar-refractivity contribution is 6.30. The second-order valence-electron chi connectivity index (χ2n) is 8.27. The van der Waals surface area contributed by atoms with Gasteiger partial charge in [0.05, 0.1) is 28.6 Å². The molecule has 1 aromatic carbocycles. The van der Waals surface area contributed by atoms with Gasteiger partial charge in [0.2, 0.25) is 0 Å². The third-order valence-electron chi connectivity index (χ3n) is 6.49. The van der Waals surface area contributed by atoms with Crippen LogP contribution in [-0.2, 0) is 0 Å². The Bertz CT molecular complexity index is 1230. The molecule has 9 heteroatoms. The topological polar surface area (TPSA) is 89.7 Å². The molecule has 1 saturated carbocycles. The summed E-state index contributed by atoms with van der Waals surface area (Å²) in [4.78, 5) is 17.8. The number of fused-ring (bicyclic) bond motifs is 1. The van der Waals surface area contributed by atoms with E-state index in [4.69, 9.17) is 11.6 Å². The molecule has 0 amide bonds. The van der Waals surface area contributed by atoms with E-state index in [1.807, 2.05) is 0 Å². The van der Waals surface area contributed by atoms with Gasteiger partial charge in [-0.2, -0.15) is 10.4 Å². The molecule has 0 spiro atoms. The lowest BCUT2D eigenvalue weighted by Gasteiger charge is -2.43. The third-order valence-corrected chi connectivity index (χ3v) is 6.79. The summed E-state index contributed by atoms with van der Waals surface area (Å²) in [5.41, 5.74) is 0.812. The number of halogens is 2. The fourth-order valence-corrected chi connectivity index (χ4v) is 4.87. The van der Waals surface area contributed by atoms with Crippen LogP contribution in [0.25, 0.3) is 10.9 Å². The Morgan fingerprint density at radius 3 is 2.84 bits per heavy atom. The van der Waals surface area contributed by atoms with Crippen LogP contribution < -0.4 is 10.9 Å². The van der Waals surface area contributed by atoms with Gasteiger partial charge in [-0.25, -0.2) is 4.39 Å². The van der Waals surface area contributed by atoms with E-state index in [2.05, 4.69) is 26.4 Å². The number of nitrogens with zero attached hydrogens (tertiary/aromatic N) is 4. The minimum atomic E-state index is -0.557. The van der Waals surface area contributed by atoms with Crippen LogP contribution in [0.1, 0.15) is 31.7 Å². The van der Waals surface area contributed by atoms with E-state index in [0.29, 0.717) is 28.5 Å². The van der Waals surface area contributed by atoms with Crippen molar-refractivity contribution < 1.29 is 4.39 Å². The summed E-state index contributed by atoms with van der Waals surface area (Å²) < 4.78 is 15.7. The molecule has 2 aliphatic rings. The van der Waals surface area contributed by atoms with Crippen molar-refractivity contribution in [2.75, 3.05) is 18.4 Å². The van der Waals surface area contributed by atoms with E-state index in [9.17, 15) is 14.4 Å². The third kappa shape index (κ3) is 3.58. The Kier molecular flexibility index (Phi) is 5.16. The molecular weight excluding hydrogens is 419 g/mol. The summed E-state index contributed by atoms with van der Waals surface area (Å²) in [6.07, 6.45) is 5.43. The number of aromatic nitrogens is 3. The van der Waals surface area contributed by atoms with Crippen LogP contribution in [0.4, 0.5) is 15.9 Å². The minimum absolute atomic E-state index is 0.0228. The van der Waals surface area contributed by atoms with Gasteiger partial charge in [0, 0.05) is 17.9 Å². The Morgan fingerprint density at radius 2 is 2.13 bits per heavy atom. The molecule has 0 bridgehead atoms. The van der Waals surface area contributed by atoms with Gasteiger partial charge in [0.25, 0.3) is 5.56 Å². The van der Waals surface area contributed by atoms with E-state index in [0.717, 1.165) is 32.4 Å². The fraction of sp³-hybridized carbons (Fsp3) is 0.409. The van der Waals surface area contributed by atoms with Crippen LogP contribution >= 0.6 is 11.6 Å². The highest BCUT2D eigenvalue weighted by atomic mass is 35.5. The highest BCUT2D eigenvalue weighted by Crippen LogP contribution is 2.39. The number of nitrogens with one attached hydrogen (secondary N) is 2. The van der Waals surface area contributed by atoms with E-state index >= 15 is 0 Å². The van der Waals surface area contributed by atoms with Gasteiger partial charge >= 0.3 is 0 Å². The minimum Gasteiger partial charge on any atom is -0.338 e. The van der Waals surface area contributed by atoms with Crippen LogP contribution in [-0.4, -0.2) is 38.8 Å². The van der Waals surface area contributed by atoms with Crippen LogP contribution in [0.15, 0.2) is 35.3 Å². The summed E-state index contributed by atoms with van der Waals surface area (Å²) in [6, 6.07) is 8.94. The van der Waals surface area contributed by atoms with Crippen LogP contribution in [0.5, 0.6) is 0 Å². The lowest BCUT2D eigenvalue weighted by Crippen LogP contribution is -2.48. The molecule has 5 rings (SSSR count). The van der Waals surface area contributed by atoms with Gasteiger partial charge in [0.15, 0.2) is 5.82 Å². The Hall–Kier alpha value is -2.89. The van der Waals surface area contributed by atoms with E-state index < -0.39 is 5.82 Å². The number of hydrogen-bond acceptors (Lipinski definition) is 5. The maximum Gasteiger partial charge on any atom is 0.261 e. The zero-order valence-corrected chi connectivity index (χ0v) is 17.6. The molecule has 3 unspecified atom stereocenters. The number of benzene rings is 1. The molecule has 2 fully saturated rings. The van der Waals surface area contributed by atoms with Crippen molar-refractivity contribution in [3.05, 3.63) is 51.7 Å². The maximum absolute atomic E-state index is 13.9. The SMILES string of the molecule is N#CC1CC(N2CCC2)CCC1n1nc(Nc2ccc(Cl)c(F)c2)c2c(=O)[nH]ccc21. The predicted octanol–water partition coefficient (Wildman–Crippen LogP) is 4.20. The largest absolute Gasteiger partial charge is 0.338 e. The smallest absolute Gasteiger partial charge is 0.261 e. The molecule has 7 nitrogen and oxygen atoms in total. The van der Waals surface area contributed by atoms with Crippen molar-refractivity contribution in [1.29, 1.82) is 5.26 Å². The first-order chi connectivity index (χ1) is 15.0. The second-order valence-corrected chi connectivity index (χ2v) is 8.68. The first-order valence-corrected chi connectivity index (χ1v) is 10.9. The Morgan fingerprint density at radius 1 is 1.29 bits per heavy atom. The van der Waals surface area contributed by atoms with Crippen molar-refractivity contribution in [3.8, 4) is 6.07 Å². The molecule has 1 aliphatic carbocycles. The average Bonchev–Trinajstić information content (AvgIpc) is 3.09. The fourth-order valence-electron chi connectivity index (χ4n) is 4.75. The summed E-state index contributed by atoms with van der Waals surface area (Å²) in [5, 5.41) is 18.0. The molecular formula is C22H22ClFN6O. The predicted molar refractivity (Wildman–Crippen MR) is 117 cm³/mol. The number of nitriles is 1. The number of hydrogen-bond donors (Lipinski definition) is 2. The first kappa shape index (κ1) is 20.0. The summed E-state index contributed by atoms with van der Waals surface area (Å²) in [7, 11) is 0. The summed E-state index contributed by atoms with van der Waals surface area (Å²) >= 11 is 5.78. The standard InChI is InChI=1S/C22H22ClFN6O/c23-16-4-2-14(11-17(16)24)27-21-20-19(6-7-26-22(20)31)30(28-21)18-5-3-15(10-13(18)12-25)29-8-1-9-29/h2,4,6-7,11,13,15,18H,1,3,5,8-10H2,(H,26,31)(H,27,28).